The molecule has 16 heavy (non-hydrogen) atoms. The van der Waals surface area contributed by atoms with Gasteiger partial charge in [-0.3, -0.25) is 4.79 Å². The normalized spacial score (nSPS) is 17.5. The van der Waals surface area contributed by atoms with Crippen molar-refractivity contribution in [2.24, 2.45) is 0 Å². The number of ketones is 1. The van der Waals surface area contributed by atoms with E-state index in [1.807, 2.05) is 28.6 Å². The highest BCUT2D eigenvalue weighted by molar-refractivity contribution is 7.77. The fourth-order valence-corrected chi connectivity index (χ4v) is 2.04. The largest absolute Gasteiger partial charge is 0.369 e. The van der Waals surface area contributed by atoms with Crippen molar-refractivity contribution in [3.63, 3.8) is 0 Å². The lowest BCUT2D eigenvalue weighted by Gasteiger charge is -2.33. The van der Waals surface area contributed by atoms with Crippen LogP contribution in [-0.4, -0.2) is 36.3 Å². The molecular formula is C12H16N2OS. The van der Waals surface area contributed by atoms with Crippen molar-refractivity contribution < 1.29 is 4.79 Å². The van der Waals surface area contributed by atoms with Gasteiger partial charge in [-0.15, -0.1) is 0 Å². The molecule has 1 heterocycles. The number of nitrogens with zero attached hydrogens (tertiary/aromatic N) is 2. The van der Waals surface area contributed by atoms with E-state index >= 15 is 0 Å². The number of thiol groups is 1. The van der Waals surface area contributed by atoms with E-state index in [4.69, 9.17) is 0 Å². The number of carbonyl (C=O) groups is 1. The van der Waals surface area contributed by atoms with E-state index in [-0.39, 0.29) is 5.78 Å². The van der Waals surface area contributed by atoms with E-state index in [0.717, 1.165) is 31.7 Å². The second-order valence-electron chi connectivity index (χ2n) is 4.04. The molecule has 0 aromatic heterocycles. The third-order valence-corrected chi connectivity index (χ3v) is 3.30. The lowest BCUT2D eigenvalue weighted by Crippen LogP contribution is -2.42. The zero-order valence-electron chi connectivity index (χ0n) is 9.39. The molecule has 1 saturated heterocycles. The van der Waals surface area contributed by atoms with Gasteiger partial charge < -0.3 is 4.90 Å². The predicted octanol–water partition coefficient (Wildman–Crippen LogP) is 1.86. The van der Waals surface area contributed by atoms with Crippen LogP contribution in [0.2, 0.25) is 0 Å². The molecule has 4 heteroatoms. The van der Waals surface area contributed by atoms with Crippen LogP contribution in [0.15, 0.2) is 24.3 Å². The lowest BCUT2D eigenvalue weighted by atomic mass is 10.1. The van der Waals surface area contributed by atoms with Gasteiger partial charge in [-0.1, -0.05) is 12.8 Å². The zero-order chi connectivity index (χ0) is 11.5. The van der Waals surface area contributed by atoms with E-state index in [1.54, 1.807) is 6.92 Å². The summed E-state index contributed by atoms with van der Waals surface area (Å²) in [6.45, 7) is 5.51. The van der Waals surface area contributed by atoms with Crippen molar-refractivity contribution in [3.8, 4) is 0 Å². The molecule has 0 radical (unpaired) electrons. The SMILES string of the molecule is CC(=O)c1ccc(N2CCN(S)CC2)cc1. The summed E-state index contributed by atoms with van der Waals surface area (Å²) in [4.78, 5) is 13.5. The number of Topliss-reactive ketones (excluding diaryl/α,β-unsaturated/α-hetero) is 1. The first-order valence-electron chi connectivity index (χ1n) is 5.46. The molecule has 1 aromatic carbocycles. The van der Waals surface area contributed by atoms with E-state index in [0.29, 0.717) is 0 Å². The van der Waals surface area contributed by atoms with Crippen LogP contribution in [0, 0.1) is 0 Å². The molecule has 86 valence electrons. The molecule has 0 spiro atoms. The van der Waals surface area contributed by atoms with E-state index in [9.17, 15) is 4.79 Å². The summed E-state index contributed by atoms with van der Waals surface area (Å²) < 4.78 is 2.03. The number of benzene rings is 1. The molecule has 0 amide bonds. The topological polar surface area (TPSA) is 23.6 Å². The van der Waals surface area contributed by atoms with Crippen molar-refractivity contribution >= 4 is 24.3 Å². The average Bonchev–Trinajstić information content (AvgIpc) is 2.30. The van der Waals surface area contributed by atoms with Crippen molar-refractivity contribution in [1.82, 2.24) is 4.31 Å². The summed E-state index contributed by atoms with van der Waals surface area (Å²) in [7, 11) is 0. The summed E-state index contributed by atoms with van der Waals surface area (Å²) in [5, 5.41) is 0. The smallest absolute Gasteiger partial charge is 0.159 e. The van der Waals surface area contributed by atoms with Gasteiger partial charge in [0.1, 0.15) is 0 Å². The molecule has 2 rings (SSSR count). The molecule has 0 N–H and O–H groups in total. The average molecular weight is 236 g/mol. The Hall–Kier alpha value is -1.00. The molecule has 3 nitrogen and oxygen atoms in total. The van der Waals surface area contributed by atoms with E-state index in [2.05, 4.69) is 17.7 Å². The van der Waals surface area contributed by atoms with Gasteiger partial charge in [-0.05, 0) is 31.2 Å². The van der Waals surface area contributed by atoms with Crippen LogP contribution in [0.5, 0.6) is 0 Å². The van der Waals surface area contributed by atoms with Gasteiger partial charge in [0.05, 0.1) is 0 Å². The minimum absolute atomic E-state index is 0.117. The molecule has 1 aromatic rings. The van der Waals surface area contributed by atoms with Crippen LogP contribution in [-0.2, 0) is 0 Å². The van der Waals surface area contributed by atoms with Gasteiger partial charge in [0, 0.05) is 37.4 Å². The summed E-state index contributed by atoms with van der Waals surface area (Å²) >= 11 is 4.32. The summed E-state index contributed by atoms with van der Waals surface area (Å²) in [6.07, 6.45) is 0. The first-order valence-corrected chi connectivity index (χ1v) is 5.86. The maximum atomic E-state index is 11.1. The van der Waals surface area contributed by atoms with Crippen LogP contribution in [0.1, 0.15) is 17.3 Å². The van der Waals surface area contributed by atoms with Crippen molar-refractivity contribution in [3.05, 3.63) is 29.8 Å². The molecule has 0 atom stereocenters. The number of carbonyl (C=O) groups excluding carboxylic acids is 1. The van der Waals surface area contributed by atoms with E-state index in [1.165, 1.54) is 5.69 Å². The zero-order valence-corrected chi connectivity index (χ0v) is 10.3. The standard InChI is InChI=1S/C12H16N2OS/c1-10(15)11-2-4-12(5-3-11)13-6-8-14(16)9-7-13/h2-5,16H,6-9H2,1H3. The fraction of sp³-hybridized carbons (Fsp3) is 0.417. The second-order valence-corrected chi connectivity index (χ2v) is 4.61. The van der Waals surface area contributed by atoms with Crippen LogP contribution < -0.4 is 4.90 Å². The van der Waals surface area contributed by atoms with Crippen LogP contribution in [0.3, 0.4) is 0 Å². The molecular weight excluding hydrogens is 220 g/mol. The minimum Gasteiger partial charge on any atom is -0.369 e. The van der Waals surface area contributed by atoms with E-state index < -0.39 is 0 Å². The maximum absolute atomic E-state index is 11.1. The Morgan fingerprint density at radius 3 is 2.19 bits per heavy atom. The Balaban J connectivity index is 2.07. The van der Waals surface area contributed by atoms with Crippen molar-refractivity contribution in [2.45, 2.75) is 6.92 Å². The predicted molar refractivity (Wildman–Crippen MR) is 69.2 cm³/mol. The highest BCUT2D eigenvalue weighted by Crippen LogP contribution is 2.17. The number of hydrogen-bond acceptors (Lipinski definition) is 4. The molecule has 0 saturated carbocycles. The lowest BCUT2D eigenvalue weighted by molar-refractivity contribution is 0.101. The third kappa shape index (κ3) is 2.57. The van der Waals surface area contributed by atoms with Crippen LogP contribution in [0.4, 0.5) is 5.69 Å². The van der Waals surface area contributed by atoms with Gasteiger partial charge in [0.15, 0.2) is 5.78 Å². The van der Waals surface area contributed by atoms with Crippen molar-refractivity contribution in [2.75, 3.05) is 31.1 Å². The summed E-state index contributed by atoms with van der Waals surface area (Å²) in [5.41, 5.74) is 1.96. The highest BCUT2D eigenvalue weighted by atomic mass is 32.1. The Labute approximate surface area is 102 Å². The second kappa shape index (κ2) is 4.89. The molecule has 0 unspecified atom stereocenters. The summed E-state index contributed by atoms with van der Waals surface area (Å²) in [6, 6.07) is 7.82. The van der Waals surface area contributed by atoms with Crippen LogP contribution in [0.25, 0.3) is 0 Å². The number of piperazine rings is 1. The Morgan fingerprint density at radius 2 is 1.69 bits per heavy atom. The number of hydrogen-bond donors (Lipinski definition) is 1. The molecule has 1 aliphatic rings. The number of rotatable bonds is 2. The first-order chi connectivity index (χ1) is 7.66. The van der Waals surface area contributed by atoms with Gasteiger partial charge >= 0.3 is 0 Å². The third-order valence-electron chi connectivity index (χ3n) is 2.90. The monoisotopic (exact) mass is 236 g/mol. The van der Waals surface area contributed by atoms with Gasteiger partial charge in [0.25, 0.3) is 0 Å². The minimum atomic E-state index is 0.117. The Bertz CT molecular complexity index is 369. The quantitative estimate of drug-likeness (QED) is 0.626. The van der Waals surface area contributed by atoms with Crippen molar-refractivity contribution in [1.29, 1.82) is 0 Å². The highest BCUT2D eigenvalue weighted by Gasteiger charge is 2.14. The number of anilines is 1. The molecule has 1 aliphatic heterocycles. The molecule has 0 bridgehead atoms. The first kappa shape index (κ1) is 11.5. The Kier molecular flexibility index (Phi) is 3.51. The van der Waals surface area contributed by atoms with Gasteiger partial charge in [-0.25, -0.2) is 4.31 Å². The molecule has 0 aliphatic carbocycles. The fourth-order valence-electron chi connectivity index (χ4n) is 1.86. The van der Waals surface area contributed by atoms with Crippen LogP contribution >= 0.6 is 12.8 Å². The van der Waals surface area contributed by atoms with Gasteiger partial charge in [-0.2, -0.15) is 0 Å². The Morgan fingerprint density at radius 1 is 1.12 bits per heavy atom. The van der Waals surface area contributed by atoms with Gasteiger partial charge in [0.2, 0.25) is 0 Å². The molecule has 1 fully saturated rings. The summed E-state index contributed by atoms with van der Waals surface area (Å²) in [5.74, 6) is 0.117. The maximum Gasteiger partial charge on any atom is 0.159 e.